The number of benzene rings is 1. The van der Waals surface area contributed by atoms with Crippen LogP contribution in [0.25, 0.3) is 22.5 Å². The number of hydrogen-bond donors (Lipinski definition) is 0. The zero-order valence-electron chi connectivity index (χ0n) is 18.3. The fourth-order valence-electron chi connectivity index (χ4n) is 3.97. The quantitative estimate of drug-likeness (QED) is 0.444. The van der Waals surface area contributed by atoms with Crippen molar-refractivity contribution < 1.29 is 4.74 Å². The van der Waals surface area contributed by atoms with Gasteiger partial charge in [-0.05, 0) is 40.8 Å². The molecule has 0 unspecified atom stereocenters. The summed E-state index contributed by atoms with van der Waals surface area (Å²) in [6.45, 7) is 6.42. The maximum absolute atomic E-state index is 5.85. The van der Waals surface area contributed by atoms with E-state index in [1.807, 2.05) is 30.6 Å². The second-order valence-electron chi connectivity index (χ2n) is 8.18. The van der Waals surface area contributed by atoms with E-state index in [2.05, 4.69) is 64.0 Å². The molecular formula is C26H25N5O. The van der Waals surface area contributed by atoms with Crippen LogP contribution in [-0.2, 0) is 6.54 Å². The lowest BCUT2D eigenvalue weighted by Gasteiger charge is -2.30. The Morgan fingerprint density at radius 1 is 0.938 bits per heavy atom. The minimum atomic E-state index is 0.288. The van der Waals surface area contributed by atoms with E-state index in [-0.39, 0.29) is 5.92 Å². The number of hydrogen-bond acceptors (Lipinski definition) is 6. The molecule has 0 spiro atoms. The molecular weight excluding hydrogens is 398 g/mol. The molecule has 160 valence electrons. The molecule has 1 aliphatic heterocycles. The highest BCUT2D eigenvalue weighted by atomic mass is 16.5. The number of pyridine rings is 2. The summed E-state index contributed by atoms with van der Waals surface area (Å²) in [6.07, 6.45) is 7.28. The highest BCUT2D eigenvalue weighted by molar-refractivity contribution is 5.65. The molecule has 4 aromatic rings. The van der Waals surface area contributed by atoms with Crippen LogP contribution in [-0.4, -0.2) is 33.1 Å². The molecule has 1 aromatic carbocycles. The van der Waals surface area contributed by atoms with Gasteiger partial charge >= 0.3 is 0 Å². The summed E-state index contributed by atoms with van der Waals surface area (Å²) in [7, 11) is 0. The van der Waals surface area contributed by atoms with Crippen LogP contribution in [0.3, 0.4) is 0 Å². The SMILES string of the molecule is CC(C)c1ncccc1-c1ncc2c(n1)N(Cc1ccc(-c3cccnc3)cc1)CCO2. The molecule has 0 saturated heterocycles. The van der Waals surface area contributed by atoms with Crippen molar-refractivity contribution in [2.24, 2.45) is 0 Å². The Hall–Kier alpha value is -3.80. The average Bonchev–Trinajstić information content (AvgIpc) is 2.85. The standard InChI is InChI=1S/C26H25N5O/c1-18(2)24-22(6-4-12-28-24)25-29-16-23-26(30-25)31(13-14-32-23)17-19-7-9-20(10-8-19)21-5-3-11-27-15-21/h3-12,15-16,18H,13-14,17H2,1-2H3. The Balaban J connectivity index is 1.43. The van der Waals surface area contributed by atoms with Crippen molar-refractivity contribution in [1.29, 1.82) is 0 Å². The van der Waals surface area contributed by atoms with Crippen LogP contribution in [0.1, 0.15) is 31.0 Å². The normalized spacial score (nSPS) is 13.0. The highest BCUT2D eigenvalue weighted by Crippen LogP contribution is 2.33. The zero-order valence-corrected chi connectivity index (χ0v) is 18.3. The maximum atomic E-state index is 5.85. The minimum absolute atomic E-state index is 0.288. The molecule has 0 radical (unpaired) electrons. The number of anilines is 1. The van der Waals surface area contributed by atoms with Gasteiger partial charge in [0.2, 0.25) is 0 Å². The van der Waals surface area contributed by atoms with Crippen molar-refractivity contribution in [3.8, 4) is 28.3 Å². The van der Waals surface area contributed by atoms with Crippen molar-refractivity contribution >= 4 is 5.82 Å². The van der Waals surface area contributed by atoms with Crippen molar-refractivity contribution in [2.45, 2.75) is 26.3 Å². The molecule has 6 nitrogen and oxygen atoms in total. The summed E-state index contributed by atoms with van der Waals surface area (Å²) in [5, 5.41) is 0. The molecule has 4 heterocycles. The van der Waals surface area contributed by atoms with Crippen molar-refractivity contribution in [3.63, 3.8) is 0 Å². The summed E-state index contributed by atoms with van der Waals surface area (Å²) in [5.41, 5.74) is 5.46. The molecule has 0 amide bonds. The Kier molecular flexibility index (Phi) is 5.50. The number of aromatic nitrogens is 4. The molecule has 1 aliphatic rings. The Bertz CT molecular complexity index is 1210. The maximum Gasteiger partial charge on any atom is 0.180 e. The number of rotatable bonds is 5. The fourth-order valence-corrected chi connectivity index (χ4v) is 3.97. The molecule has 0 atom stereocenters. The lowest BCUT2D eigenvalue weighted by molar-refractivity contribution is 0.303. The van der Waals surface area contributed by atoms with Gasteiger partial charge in [-0.25, -0.2) is 9.97 Å². The Morgan fingerprint density at radius 2 is 1.78 bits per heavy atom. The van der Waals surface area contributed by atoms with E-state index >= 15 is 0 Å². The molecule has 5 rings (SSSR count). The van der Waals surface area contributed by atoms with E-state index in [0.717, 1.165) is 47.0 Å². The smallest absolute Gasteiger partial charge is 0.180 e. The van der Waals surface area contributed by atoms with Gasteiger partial charge in [0.1, 0.15) is 6.61 Å². The summed E-state index contributed by atoms with van der Waals surface area (Å²) in [5.74, 6) is 2.53. The van der Waals surface area contributed by atoms with E-state index in [1.54, 1.807) is 12.4 Å². The largest absolute Gasteiger partial charge is 0.486 e. The first kappa shape index (κ1) is 20.1. The van der Waals surface area contributed by atoms with Crippen LogP contribution in [0.15, 0.2) is 73.3 Å². The first-order chi connectivity index (χ1) is 15.7. The topological polar surface area (TPSA) is 64.0 Å². The van der Waals surface area contributed by atoms with Gasteiger partial charge in [-0.15, -0.1) is 0 Å². The van der Waals surface area contributed by atoms with Crippen LogP contribution < -0.4 is 9.64 Å². The Labute approximate surface area is 188 Å². The van der Waals surface area contributed by atoms with Crippen LogP contribution in [0.4, 0.5) is 5.82 Å². The third kappa shape index (κ3) is 4.04. The average molecular weight is 424 g/mol. The van der Waals surface area contributed by atoms with Gasteiger partial charge < -0.3 is 9.64 Å². The number of fused-ring (bicyclic) bond motifs is 1. The summed E-state index contributed by atoms with van der Waals surface area (Å²) >= 11 is 0. The van der Waals surface area contributed by atoms with E-state index in [4.69, 9.17) is 9.72 Å². The molecule has 6 heteroatoms. The number of nitrogens with zero attached hydrogens (tertiary/aromatic N) is 5. The van der Waals surface area contributed by atoms with Gasteiger partial charge in [0.15, 0.2) is 17.4 Å². The first-order valence-electron chi connectivity index (χ1n) is 10.9. The third-order valence-corrected chi connectivity index (χ3v) is 5.60. The van der Waals surface area contributed by atoms with Crippen molar-refractivity contribution in [1.82, 2.24) is 19.9 Å². The minimum Gasteiger partial charge on any atom is -0.486 e. The van der Waals surface area contributed by atoms with Crippen LogP contribution in [0, 0.1) is 0 Å². The second kappa shape index (κ2) is 8.75. The van der Waals surface area contributed by atoms with Crippen LogP contribution >= 0.6 is 0 Å². The van der Waals surface area contributed by atoms with Crippen LogP contribution in [0.5, 0.6) is 5.75 Å². The van der Waals surface area contributed by atoms with E-state index in [0.29, 0.717) is 12.4 Å². The molecule has 0 saturated carbocycles. The van der Waals surface area contributed by atoms with E-state index in [9.17, 15) is 0 Å². The van der Waals surface area contributed by atoms with E-state index < -0.39 is 0 Å². The van der Waals surface area contributed by atoms with Gasteiger partial charge in [-0.1, -0.05) is 44.2 Å². The Morgan fingerprint density at radius 3 is 2.56 bits per heavy atom. The van der Waals surface area contributed by atoms with E-state index in [1.165, 1.54) is 5.56 Å². The van der Waals surface area contributed by atoms with Crippen molar-refractivity contribution in [2.75, 3.05) is 18.1 Å². The summed E-state index contributed by atoms with van der Waals surface area (Å²) in [4.78, 5) is 20.5. The highest BCUT2D eigenvalue weighted by Gasteiger charge is 2.22. The molecule has 32 heavy (non-hydrogen) atoms. The lowest BCUT2D eigenvalue weighted by Crippen LogP contribution is -2.33. The fraction of sp³-hybridized carbons (Fsp3) is 0.231. The molecule has 0 aliphatic carbocycles. The zero-order chi connectivity index (χ0) is 21.9. The second-order valence-corrected chi connectivity index (χ2v) is 8.18. The van der Waals surface area contributed by atoms with Gasteiger partial charge in [0.25, 0.3) is 0 Å². The van der Waals surface area contributed by atoms with Crippen molar-refractivity contribution in [3.05, 3.63) is 84.6 Å². The summed E-state index contributed by atoms with van der Waals surface area (Å²) in [6, 6.07) is 16.6. The van der Waals surface area contributed by atoms with Gasteiger partial charge in [-0.2, -0.15) is 0 Å². The predicted octanol–water partition coefficient (Wildman–Crippen LogP) is 5.12. The van der Waals surface area contributed by atoms with Gasteiger partial charge in [0, 0.05) is 30.7 Å². The number of ether oxygens (including phenoxy) is 1. The lowest BCUT2D eigenvalue weighted by atomic mass is 10.0. The van der Waals surface area contributed by atoms with Gasteiger partial charge in [-0.3, -0.25) is 9.97 Å². The third-order valence-electron chi connectivity index (χ3n) is 5.60. The summed E-state index contributed by atoms with van der Waals surface area (Å²) < 4.78 is 5.85. The molecule has 0 bridgehead atoms. The predicted molar refractivity (Wildman–Crippen MR) is 126 cm³/mol. The van der Waals surface area contributed by atoms with Gasteiger partial charge in [0.05, 0.1) is 18.4 Å². The first-order valence-corrected chi connectivity index (χ1v) is 10.9. The monoisotopic (exact) mass is 423 g/mol. The molecule has 3 aromatic heterocycles. The molecule has 0 N–H and O–H groups in total. The van der Waals surface area contributed by atoms with Crippen LogP contribution in [0.2, 0.25) is 0 Å². The molecule has 0 fully saturated rings.